The molecule has 2 aromatic rings. The molecule has 0 aliphatic carbocycles. The van der Waals surface area contributed by atoms with E-state index in [1.807, 2.05) is 0 Å². The van der Waals surface area contributed by atoms with E-state index in [2.05, 4.69) is 26.0 Å². The number of aliphatic imine (C=N–C) groups is 1. The number of fused-ring (bicyclic) bond motifs is 4. The van der Waals surface area contributed by atoms with Crippen molar-refractivity contribution in [2.75, 3.05) is 6.61 Å². The molecule has 1 aromatic heterocycles. The molecular weight excluding hydrogens is 603 g/mol. The SMILES string of the molecule is CC(C)(O)C#CC1=NC2(CO1)c1cc(OS(=O)(=O)C(F)(F)C(F)(F)C(F)(F)C(F)(F)F)ccc1Oc1ncccc12. The Morgan fingerprint density at radius 3 is 2.27 bits per heavy atom. The number of pyridine rings is 1. The van der Waals surface area contributed by atoms with Crippen LogP contribution < -0.4 is 8.92 Å². The molecule has 1 unspecified atom stereocenters. The fourth-order valence-corrected chi connectivity index (χ4v) is 4.57. The molecular formula is C23H15F9N2O6S. The highest BCUT2D eigenvalue weighted by molar-refractivity contribution is 7.88. The molecule has 0 radical (unpaired) electrons. The van der Waals surface area contributed by atoms with Crippen LogP contribution in [-0.4, -0.2) is 59.9 Å². The van der Waals surface area contributed by atoms with Crippen molar-refractivity contribution in [3.63, 3.8) is 0 Å². The van der Waals surface area contributed by atoms with E-state index in [0.717, 1.165) is 6.07 Å². The van der Waals surface area contributed by atoms with Crippen LogP contribution in [0.1, 0.15) is 25.0 Å². The van der Waals surface area contributed by atoms with E-state index < -0.39 is 56.9 Å². The third kappa shape index (κ3) is 4.80. The minimum Gasteiger partial charge on any atom is -0.468 e. The van der Waals surface area contributed by atoms with Gasteiger partial charge in [-0.3, -0.25) is 0 Å². The molecule has 222 valence electrons. The summed E-state index contributed by atoms with van der Waals surface area (Å²) in [6, 6.07) is 5.00. The van der Waals surface area contributed by atoms with Crippen LogP contribution in [0.15, 0.2) is 41.5 Å². The van der Waals surface area contributed by atoms with Crippen molar-refractivity contribution in [1.82, 2.24) is 4.98 Å². The topological polar surface area (TPSA) is 107 Å². The zero-order valence-corrected chi connectivity index (χ0v) is 21.2. The van der Waals surface area contributed by atoms with Crippen molar-refractivity contribution in [2.24, 2.45) is 4.99 Å². The van der Waals surface area contributed by atoms with Crippen molar-refractivity contribution < 1.29 is 66.7 Å². The summed E-state index contributed by atoms with van der Waals surface area (Å²) in [7, 11) is -7.21. The van der Waals surface area contributed by atoms with Crippen LogP contribution in [0.3, 0.4) is 0 Å². The lowest BCUT2D eigenvalue weighted by molar-refractivity contribution is -0.382. The second-order valence-corrected chi connectivity index (χ2v) is 10.8. The average Bonchev–Trinajstić information content (AvgIpc) is 3.27. The molecule has 2 aliphatic rings. The highest BCUT2D eigenvalue weighted by atomic mass is 32.2. The number of rotatable bonds is 5. The van der Waals surface area contributed by atoms with Crippen LogP contribution in [0.4, 0.5) is 39.5 Å². The number of aromatic nitrogens is 1. The molecule has 0 bridgehead atoms. The molecule has 2 aliphatic heterocycles. The number of hydrogen-bond donors (Lipinski definition) is 1. The van der Waals surface area contributed by atoms with Crippen molar-refractivity contribution in [1.29, 1.82) is 0 Å². The number of hydrogen-bond acceptors (Lipinski definition) is 8. The first-order chi connectivity index (χ1) is 18.6. The summed E-state index contributed by atoms with van der Waals surface area (Å²) < 4.78 is 159. The van der Waals surface area contributed by atoms with E-state index in [9.17, 15) is 53.0 Å². The van der Waals surface area contributed by atoms with Crippen LogP contribution in [0.2, 0.25) is 0 Å². The monoisotopic (exact) mass is 618 g/mol. The highest BCUT2D eigenvalue weighted by Gasteiger charge is 2.86. The third-order valence-corrected chi connectivity index (χ3v) is 6.94. The highest BCUT2D eigenvalue weighted by Crippen LogP contribution is 2.55. The fraction of sp³-hybridized carbons (Fsp3) is 0.391. The van der Waals surface area contributed by atoms with Gasteiger partial charge in [0.1, 0.15) is 23.7 Å². The number of benzene rings is 1. The Kier molecular flexibility index (Phi) is 6.74. The molecule has 0 saturated heterocycles. The van der Waals surface area contributed by atoms with Crippen molar-refractivity contribution >= 4 is 16.0 Å². The smallest absolute Gasteiger partial charge is 0.460 e. The maximum absolute atomic E-state index is 14.2. The van der Waals surface area contributed by atoms with Crippen molar-refractivity contribution in [3.05, 3.63) is 47.7 Å². The quantitative estimate of drug-likeness (QED) is 0.293. The van der Waals surface area contributed by atoms with E-state index in [4.69, 9.17) is 9.47 Å². The first-order valence-corrected chi connectivity index (χ1v) is 12.4. The van der Waals surface area contributed by atoms with Gasteiger partial charge in [0.05, 0.1) is 5.56 Å². The number of aliphatic hydroxyl groups is 1. The Bertz CT molecular complexity index is 1590. The predicted octanol–water partition coefficient (Wildman–Crippen LogP) is 4.77. The second-order valence-electron chi connectivity index (χ2n) is 9.19. The lowest BCUT2D eigenvalue weighted by atomic mass is 9.82. The number of halogens is 9. The van der Waals surface area contributed by atoms with Crippen LogP contribution in [0.25, 0.3) is 0 Å². The molecule has 4 rings (SSSR count). The van der Waals surface area contributed by atoms with E-state index in [0.29, 0.717) is 12.1 Å². The third-order valence-electron chi connectivity index (χ3n) is 5.64. The zero-order chi connectivity index (χ0) is 30.9. The van der Waals surface area contributed by atoms with Crippen molar-refractivity contribution in [2.45, 2.75) is 48.3 Å². The van der Waals surface area contributed by atoms with Gasteiger partial charge in [0.25, 0.3) is 5.90 Å². The summed E-state index contributed by atoms with van der Waals surface area (Å²) in [6.45, 7) is 2.30. The summed E-state index contributed by atoms with van der Waals surface area (Å²) in [4.78, 5) is 8.38. The molecule has 1 N–H and O–H groups in total. The number of alkyl halides is 9. The van der Waals surface area contributed by atoms with E-state index in [-0.39, 0.29) is 28.7 Å². The van der Waals surface area contributed by atoms with Gasteiger partial charge in [0.2, 0.25) is 5.88 Å². The number of nitrogens with zero attached hydrogens (tertiary/aromatic N) is 2. The standard InChI is InChI=1S/C23H15F9N2O6S/c1-18(2,35)8-7-16-34-19(11-38-16)13-4-3-9-33-17(13)39-15-6-5-12(10-14(15)19)40-41(36,37)23(31,32)21(26,27)20(24,25)22(28,29)30/h3-6,9-10,35H,11H2,1-2H3. The van der Waals surface area contributed by atoms with Crippen LogP contribution in [0, 0.1) is 11.8 Å². The van der Waals surface area contributed by atoms with Gasteiger partial charge in [-0.2, -0.15) is 47.9 Å². The molecule has 0 saturated carbocycles. The molecule has 1 atom stereocenters. The summed E-state index contributed by atoms with van der Waals surface area (Å²) in [5.41, 5.74) is -3.21. The largest absolute Gasteiger partial charge is 0.468 e. The van der Waals surface area contributed by atoms with Gasteiger partial charge in [-0.25, -0.2) is 9.98 Å². The molecule has 18 heteroatoms. The Balaban J connectivity index is 1.80. The molecule has 0 fully saturated rings. The lowest BCUT2D eigenvalue weighted by Crippen LogP contribution is -2.63. The van der Waals surface area contributed by atoms with Crippen LogP contribution in [-0.2, 0) is 20.4 Å². The van der Waals surface area contributed by atoms with E-state index in [1.54, 1.807) is 0 Å². The van der Waals surface area contributed by atoms with Crippen LogP contribution >= 0.6 is 0 Å². The first kappa shape index (κ1) is 30.2. The van der Waals surface area contributed by atoms with E-state index >= 15 is 0 Å². The fourth-order valence-electron chi connectivity index (χ4n) is 3.66. The van der Waals surface area contributed by atoms with Gasteiger partial charge in [-0.15, -0.1) is 0 Å². The maximum atomic E-state index is 14.2. The molecule has 1 spiro atoms. The summed E-state index contributed by atoms with van der Waals surface area (Å²) in [5, 5.41) is 2.78. The van der Waals surface area contributed by atoms with Gasteiger partial charge in [0, 0.05) is 11.8 Å². The van der Waals surface area contributed by atoms with Gasteiger partial charge < -0.3 is 18.8 Å². The van der Waals surface area contributed by atoms with Crippen LogP contribution in [0.5, 0.6) is 17.4 Å². The molecule has 1 aromatic carbocycles. The molecule has 0 amide bonds. The Labute approximate surface area is 224 Å². The minimum absolute atomic E-state index is 0.0362. The molecule has 3 heterocycles. The summed E-state index contributed by atoms with van der Waals surface area (Å²) >= 11 is 0. The second kappa shape index (κ2) is 9.14. The van der Waals surface area contributed by atoms with Gasteiger partial charge >= 0.3 is 33.4 Å². The van der Waals surface area contributed by atoms with Crippen molar-refractivity contribution in [3.8, 4) is 29.2 Å². The Morgan fingerprint density at radius 1 is 1.00 bits per heavy atom. The van der Waals surface area contributed by atoms with Gasteiger partial charge in [-0.1, -0.05) is 5.92 Å². The average molecular weight is 618 g/mol. The maximum Gasteiger partial charge on any atom is 0.460 e. The summed E-state index contributed by atoms with van der Waals surface area (Å²) in [6.07, 6.45) is -5.91. The molecule has 41 heavy (non-hydrogen) atoms. The van der Waals surface area contributed by atoms with Gasteiger partial charge in [-0.05, 0) is 50.1 Å². The van der Waals surface area contributed by atoms with E-state index in [1.165, 1.54) is 32.2 Å². The number of ether oxygens (including phenoxy) is 2. The van der Waals surface area contributed by atoms with Gasteiger partial charge in [0.15, 0.2) is 5.54 Å². The molecule has 8 nitrogen and oxygen atoms in total. The zero-order valence-electron chi connectivity index (χ0n) is 20.4. The Morgan fingerprint density at radius 2 is 1.66 bits per heavy atom. The first-order valence-electron chi connectivity index (χ1n) is 11.0. The normalized spacial score (nSPS) is 19.3. The summed E-state index contributed by atoms with van der Waals surface area (Å²) in [5.74, 6) is -11.7. The predicted molar refractivity (Wildman–Crippen MR) is 119 cm³/mol. The Hall–Kier alpha value is -3.72. The minimum atomic E-state index is -7.47. The lowest BCUT2D eigenvalue weighted by Gasteiger charge is -2.33.